The highest BCUT2D eigenvalue weighted by Crippen LogP contribution is 2.20. The summed E-state index contributed by atoms with van der Waals surface area (Å²) in [5, 5.41) is 7.59. The Balaban J connectivity index is 2.58. The van der Waals surface area contributed by atoms with Crippen molar-refractivity contribution in [3.8, 4) is 0 Å². The van der Waals surface area contributed by atoms with Crippen molar-refractivity contribution in [1.29, 1.82) is 0 Å². The van der Waals surface area contributed by atoms with E-state index in [-0.39, 0.29) is 11.8 Å². The van der Waals surface area contributed by atoms with Crippen molar-refractivity contribution < 1.29 is 9.59 Å². The molecule has 1 rings (SSSR count). The van der Waals surface area contributed by atoms with Gasteiger partial charge in [-0.05, 0) is 17.8 Å². The van der Waals surface area contributed by atoms with Crippen LogP contribution in [0.25, 0.3) is 0 Å². The van der Waals surface area contributed by atoms with E-state index in [0.29, 0.717) is 35.1 Å². The van der Waals surface area contributed by atoms with E-state index in [1.165, 1.54) is 18.3 Å². The maximum atomic E-state index is 12.0. The average molecular weight is 297 g/mol. The molecule has 5 nitrogen and oxygen atoms in total. The van der Waals surface area contributed by atoms with Gasteiger partial charge in [0.25, 0.3) is 5.91 Å². The van der Waals surface area contributed by atoms with Crippen molar-refractivity contribution in [1.82, 2.24) is 10.3 Å². The molecule has 0 aromatic carbocycles. The van der Waals surface area contributed by atoms with Crippen LogP contribution in [0, 0.1) is 17.8 Å². The summed E-state index contributed by atoms with van der Waals surface area (Å²) in [4.78, 5) is 27.0. The monoisotopic (exact) mass is 297 g/mol. The molecule has 0 atom stereocenters. The van der Waals surface area contributed by atoms with Gasteiger partial charge in [-0.25, -0.2) is 4.98 Å². The molecule has 0 fully saturated rings. The number of hydrogen-bond acceptors (Lipinski definition) is 4. The second kappa shape index (κ2) is 7.38. The predicted molar refractivity (Wildman–Crippen MR) is 81.9 cm³/mol. The van der Waals surface area contributed by atoms with E-state index >= 15 is 0 Å². The van der Waals surface area contributed by atoms with Crippen LogP contribution in [0.5, 0.6) is 0 Å². The van der Waals surface area contributed by atoms with Crippen LogP contribution in [-0.2, 0) is 4.79 Å². The van der Waals surface area contributed by atoms with Crippen LogP contribution in [0.3, 0.4) is 0 Å². The lowest BCUT2D eigenvalue weighted by Gasteiger charge is -2.24. The third-order valence-electron chi connectivity index (χ3n) is 3.23. The van der Waals surface area contributed by atoms with Gasteiger partial charge in [-0.2, -0.15) is 0 Å². The van der Waals surface area contributed by atoms with Crippen LogP contribution >= 0.6 is 11.3 Å². The first kappa shape index (κ1) is 16.6. The lowest BCUT2D eigenvalue weighted by atomic mass is 9.85. The van der Waals surface area contributed by atoms with Crippen LogP contribution in [-0.4, -0.2) is 23.3 Å². The van der Waals surface area contributed by atoms with Crippen molar-refractivity contribution in [2.24, 2.45) is 17.8 Å². The molecule has 1 aromatic heterocycles. The van der Waals surface area contributed by atoms with Gasteiger partial charge in [-0.1, -0.05) is 27.7 Å². The van der Waals surface area contributed by atoms with Crippen LogP contribution in [0.15, 0.2) is 5.38 Å². The summed E-state index contributed by atoms with van der Waals surface area (Å²) >= 11 is 1.25. The largest absolute Gasteiger partial charge is 0.350 e. The van der Waals surface area contributed by atoms with E-state index in [1.807, 2.05) is 0 Å². The zero-order chi connectivity index (χ0) is 15.3. The van der Waals surface area contributed by atoms with Gasteiger partial charge in [-0.3, -0.25) is 9.59 Å². The molecule has 0 bridgehead atoms. The van der Waals surface area contributed by atoms with Crippen LogP contribution in [0.2, 0.25) is 0 Å². The lowest BCUT2D eigenvalue weighted by Crippen LogP contribution is -2.34. The first-order chi connectivity index (χ1) is 9.31. The first-order valence-corrected chi connectivity index (χ1v) is 7.70. The van der Waals surface area contributed by atoms with Gasteiger partial charge in [0.1, 0.15) is 5.69 Å². The zero-order valence-corrected chi connectivity index (χ0v) is 13.5. The topological polar surface area (TPSA) is 71.1 Å². The normalized spacial score (nSPS) is 11.2. The van der Waals surface area contributed by atoms with Crippen LogP contribution in [0.1, 0.15) is 45.1 Å². The van der Waals surface area contributed by atoms with Crippen molar-refractivity contribution in [3.05, 3.63) is 11.1 Å². The molecule has 20 heavy (non-hydrogen) atoms. The summed E-state index contributed by atoms with van der Waals surface area (Å²) in [5.41, 5.74) is 0.352. The van der Waals surface area contributed by atoms with Crippen LogP contribution in [0.4, 0.5) is 5.13 Å². The molecule has 0 saturated heterocycles. The molecule has 0 saturated carbocycles. The fourth-order valence-corrected chi connectivity index (χ4v) is 2.87. The maximum absolute atomic E-state index is 12.0. The number of carbonyl (C=O) groups is 2. The zero-order valence-electron chi connectivity index (χ0n) is 12.7. The van der Waals surface area contributed by atoms with E-state index in [4.69, 9.17) is 0 Å². The minimum Gasteiger partial charge on any atom is -0.350 e. The number of carbonyl (C=O) groups excluding carboxylic acids is 2. The SMILES string of the molecule is CC(=O)Nc1nc(C(=O)NCC(C(C)C)C(C)C)cs1. The molecular weight excluding hydrogens is 274 g/mol. The molecule has 0 aliphatic carbocycles. The molecule has 6 heteroatoms. The molecule has 0 aliphatic heterocycles. The Labute approximate surface area is 124 Å². The van der Waals surface area contributed by atoms with Gasteiger partial charge in [0.05, 0.1) is 0 Å². The molecule has 0 spiro atoms. The van der Waals surface area contributed by atoms with Gasteiger partial charge in [0.15, 0.2) is 5.13 Å². The van der Waals surface area contributed by atoms with Crippen LogP contribution < -0.4 is 10.6 Å². The lowest BCUT2D eigenvalue weighted by molar-refractivity contribution is -0.114. The molecule has 0 aliphatic rings. The predicted octanol–water partition coefficient (Wildman–Crippen LogP) is 2.76. The average Bonchev–Trinajstić information content (AvgIpc) is 2.75. The fourth-order valence-electron chi connectivity index (χ4n) is 2.13. The first-order valence-electron chi connectivity index (χ1n) is 6.82. The molecule has 112 valence electrons. The van der Waals surface area contributed by atoms with Crippen molar-refractivity contribution in [2.75, 3.05) is 11.9 Å². The van der Waals surface area contributed by atoms with Gasteiger partial charge in [-0.15, -0.1) is 11.3 Å². The Bertz CT molecular complexity index is 461. The quantitative estimate of drug-likeness (QED) is 0.848. The summed E-state index contributed by atoms with van der Waals surface area (Å²) in [7, 11) is 0. The number of hydrogen-bond donors (Lipinski definition) is 2. The second-order valence-electron chi connectivity index (χ2n) is 5.58. The number of thiazole rings is 1. The van der Waals surface area contributed by atoms with Crippen molar-refractivity contribution in [2.45, 2.75) is 34.6 Å². The maximum Gasteiger partial charge on any atom is 0.270 e. The second-order valence-corrected chi connectivity index (χ2v) is 6.44. The van der Waals surface area contributed by atoms with E-state index in [1.54, 1.807) is 5.38 Å². The number of nitrogens with one attached hydrogen (secondary N) is 2. The van der Waals surface area contributed by atoms with Gasteiger partial charge >= 0.3 is 0 Å². The number of nitrogens with zero attached hydrogens (tertiary/aromatic N) is 1. The fraction of sp³-hybridized carbons (Fsp3) is 0.643. The highest BCUT2D eigenvalue weighted by molar-refractivity contribution is 7.14. The van der Waals surface area contributed by atoms with E-state index in [9.17, 15) is 9.59 Å². The standard InChI is InChI=1S/C14H23N3O2S/c1-8(2)11(9(3)4)6-15-13(19)12-7-20-14(17-12)16-10(5)18/h7-9,11H,6H2,1-5H3,(H,15,19)(H,16,17,18). The van der Waals surface area contributed by atoms with E-state index < -0.39 is 0 Å². The minimum absolute atomic E-state index is 0.189. The Kier molecular flexibility index (Phi) is 6.13. The summed E-state index contributed by atoms with van der Waals surface area (Å²) < 4.78 is 0. The van der Waals surface area contributed by atoms with Gasteiger partial charge in [0.2, 0.25) is 5.91 Å². The van der Waals surface area contributed by atoms with Gasteiger partial charge < -0.3 is 10.6 Å². The Morgan fingerprint density at radius 2 is 1.85 bits per heavy atom. The Morgan fingerprint density at radius 1 is 1.25 bits per heavy atom. The number of amides is 2. The van der Waals surface area contributed by atoms with Gasteiger partial charge in [0, 0.05) is 18.8 Å². The molecule has 1 aromatic rings. The smallest absolute Gasteiger partial charge is 0.270 e. The van der Waals surface area contributed by atoms with E-state index in [0.717, 1.165) is 0 Å². The summed E-state index contributed by atoms with van der Waals surface area (Å²) in [5.74, 6) is 1.09. The highest BCUT2D eigenvalue weighted by atomic mass is 32.1. The van der Waals surface area contributed by atoms with Crippen molar-refractivity contribution in [3.63, 3.8) is 0 Å². The Morgan fingerprint density at radius 3 is 2.35 bits per heavy atom. The molecule has 0 unspecified atom stereocenters. The molecule has 1 heterocycles. The number of rotatable bonds is 6. The molecule has 2 N–H and O–H groups in total. The molecule has 2 amide bonds. The van der Waals surface area contributed by atoms with E-state index in [2.05, 4.69) is 43.3 Å². The summed E-state index contributed by atoms with van der Waals surface area (Å²) in [6, 6.07) is 0. The Hall–Kier alpha value is -1.43. The number of anilines is 1. The minimum atomic E-state index is -0.191. The summed E-state index contributed by atoms with van der Waals surface area (Å²) in [6.07, 6.45) is 0. The molecule has 0 radical (unpaired) electrons. The van der Waals surface area contributed by atoms with Crippen molar-refractivity contribution >= 4 is 28.3 Å². The third kappa shape index (κ3) is 4.92. The number of aromatic nitrogens is 1. The highest BCUT2D eigenvalue weighted by Gasteiger charge is 2.19. The summed E-state index contributed by atoms with van der Waals surface area (Å²) in [6.45, 7) is 10.7. The molecular formula is C14H23N3O2S. The third-order valence-corrected chi connectivity index (χ3v) is 3.99.